The fraction of sp³-hybridized carbons (Fsp3) is 0.250. The van der Waals surface area contributed by atoms with Gasteiger partial charge in [-0.1, -0.05) is 23.7 Å². The second kappa shape index (κ2) is 9.04. The normalized spacial score (nSPS) is 13.4. The first-order valence-corrected chi connectivity index (χ1v) is 11.9. The molecule has 1 aliphatic heterocycles. The van der Waals surface area contributed by atoms with Crippen molar-refractivity contribution in [2.75, 3.05) is 28.2 Å². The zero-order valence-electron chi connectivity index (χ0n) is 16.8. The lowest BCUT2D eigenvalue weighted by Crippen LogP contribution is -2.23. The van der Waals surface area contributed by atoms with Gasteiger partial charge in [0.1, 0.15) is 10.8 Å². The number of pyridine rings is 1. The smallest absolute Gasteiger partial charge is 0.230 e. The van der Waals surface area contributed by atoms with E-state index in [2.05, 4.69) is 47.8 Å². The Bertz CT molecular complexity index is 1200. The van der Waals surface area contributed by atoms with Crippen molar-refractivity contribution >= 4 is 44.9 Å². The summed E-state index contributed by atoms with van der Waals surface area (Å²) in [7, 11) is -3.44. The van der Waals surface area contributed by atoms with E-state index in [4.69, 9.17) is 11.6 Å². The number of halogens is 1. The molecule has 0 spiro atoms. The first-order chi connectivity index (χ1) is 14.9. The van der Waals surface area contributed by atoms with Gasteiger partial charge in [0.25, 0.3) is 0 Å². The molecule has 2 aromatic heterocycles. The minimum absolute atomic E-state index is 0.254. The molecule has 0 aliphatic carbocycles. The van der Waals surface area contributed by atoms with Crippen LogP contribution in [0.2, 0.25) is 5.02 Å². The third-order valence-electron chi connectivity index (χ3n) is 4.71. The number of hydrogen-bond acceptors (Lipinski definition) is 8. The van der Waals surface area contributed by atoms with Crippen LogP contribution in [0.1, 0.15) is 16.7 Å². The Labute approximate surface area is 185 Å². The molecule has 0 saturated carbocycles. The van der Waals surface area contributed by atoms with Crippen molar-refractivity contribution in [3.8, 4) is 0 Å². The molecule has 4 rings (SSSR count). The van der Waals surface area contributed by atoms with E-state index in [0.29, 0.717) is 22.4 Å². The predicted molar refractivity (Wildman–Crippen MR) is 122 cm³/mol. The predicted octanol–water partition coefficient (Wildman–Crippen LogP) is 2.90. The van der Waals surface area contributed by atoms with Crippen molar-refractivity contribution in [1.29, 1.82) is 0 Å². The van der Waals surface area contributed by atoms with Crippen LogP contribution in [0.5, 0.6) is 0 Å². The molecule has 0 fully saturated rings. The van der Waals surface area contributed by atoms with Crippen LogP contribution in [0.4, 0.5) is 23.3 Å². The van der Waals surface area contributed by atoms with E-state index in [1.807, 2.05) is 6.07 Å². The number of nitrogens with zero attached hydrogens (tertiary/aromatic N) is 3. The molecule has 0 saturated heterocycles. The maximum Gasteiger partial charge on any atom is 0.230 e. The van der Waals surface area contributed by atoms with E-state index >= 15 is 0 Å². The van der Waals surface area contributed by atoms with E-state index < -0.39 is 10.0 Å². The van der Waals surface area contributed by atoms with Gasteiger partial charge >= 0.3 is 0 Å². The molecule has 31 heavy (non-hydrogen) atoms. The Kier molecular flexibility index (Phi) is 6.21. The average Bonchev–Trinajstić information content (AvgIpc) is 2.74. The summed E-state index contributed by atoms with van der Waals surface area (Å²) in [6.45, 7) is 2.12. The molecule has 0 bridgehead atoms. The maximum absolute atomic E-state index is 11.6. The SMILES string of the molecule is CS(=O)(=O)Nc1ncccc1CNc1nc(Nc2ccc3c(c2)CCNC3)ncc1Cl. The molecule has 4 N–H and O–H groups in total. The molecule has 1 aliphatic rings. The summed E-state index contributed by atoms with van der Waals surface area (Å²) < 4.78 is 25.5. The van der Waals surface area contributed by atoms with E-state index in [9.17, 15) is 8.42 Å². The number of hydrogen-bond donors (Lipinski definition) is 4. The highest BCUT2D eigenvalue weighted by Gasteiger charge is 2.12. The van der Waals surface area contributed by atoms with Gasteiger partial charge in [-0.25, -0.2) is 18.4 Å². The molecule has 0 amide bonds. The van der Waals surface area contributed by atoms with Crippen molar-refractivity contribution in [2.24, 2.45) is 0 Å². The second-order valence-electron chi connectivity index (χ2n) is 7.16. The molecule has 0 radical (unpaired) electrons. The Morgan fingerprint density at radius 2 is 2.03 bits per heavy atom. The minimum Gasteiger partial charge on any atom is -0.364 e. The largest absolute Gasteiger partial charge is 0.364 e. The van der Waals surface area contributed by atoms with Crippen LogP contribution in [-0.2, 0) is 29.5 Å². The van der Waals surface area contributed by atoms with Gasteiger partial charge in [-0.2, -0.15) is 4.98 Å². The van der Waals surface area contributed by atoms with Crippen LogP contribution in [0.25, 0.3) is 0 Å². The fourth-order valence-corrected chi connectivity index (χ4v) is 3.96. The van der Waals surface area contributed by atoms with Gasteiger partial charge in [0, 0.05) is 30.5 Å². The average molecular weight is 460 g/mol. The van der Waals surface area contributed by atoms with E-state index in [-0.39, 0.29) is 12.4 Å². The Hall–Kier alpha value is -2.95. The van der Waals surface area contributed by atoms with Crippen LogP contribution >= 0.6 is 11.6 Å². The number of benzene rings is 1. The first-order valence-electron chi connectivity index (χ1n) is 9.65. The van der Waals surface area contributed by atoms with Crippen LogP contribution in [-0.4, -0.2) is 36.2 Å². The molecule has 0 unspecified atom stereocenters. The number of nitrogens with one attached hydrogen (secondary N) is 4. The Morgan fingerprint density at radius 1 is 1.16 bits per heavy atom. The molecule has 11 heteroatoms. The quantitative estimate of drug-likeness (QED) is 0.425. The number of fused-ring (bicyclic) bond motifs is 1. The third-order valence-corrected chi connectivity index (χ3v) is 5.55. The summed E-state index contributed by atoms with van der Waals surface area (Å²) in [6.07, 6.45) is 5.09. The highest BCUT2D eigenvalue weighted by molar-refractivity contribution is 7.92. The molecule has 0 atom stereocenters. The maximum atomic E-state index is 11.6. The Morgan fingerprint density at radius 3 is 2.87 bits per heavy atom. The van der Waals surface area contributed by atoms with Gasteiger partial charge in [-0.05, 0) is 42.3 Å². The number of aromatic nitrogens is 3. The van der Waals surface area contributed by atoms with Crippen LogP contribution < -0.4 is 20.7 Å². The zero-order chi connectivity index (χ0) is 21.8. The summed E-state index contributed by atoms with van der Waals surface area (Å²) in [5, 5.41) is 10.1. The van der Waals surface area contributed by atoms with Gasteiger partial charge in [0.05, 0.1) is 12.5 Å². The molecule has 3 aromatic rings. The lowest BCUT2D eigenvalue weighted by Gasteiger charge is -2.18. The second-order valence-corrected chi connectivity index (χ2v) is 9.32. The fourth-order valence-electron chi connectivity index (χ4n) is 3.26. The molecule has 9 nitrogen and oxygen atoms in total. The zero-order valence-corrected chi connectivity index (χ0v) is 18.4. The third kappa shape index (κ3) is 5.60. The van der Waals surface area contributed by atoms with Crippen molar-refractivity contribution in [3.05, 3.63) is 64.4 Å². The number of anilines is 4. The summed E-state index contributed by atoms with van der Waals surface area (Å²) in [4.78, 5) is 12.8. The van der Waals surface area contributed by atoms with Crippen molar-refractivity contribution < 1.29 is 8.42 Å². The summed E-state index contributed by atoms with van der Waals surface area (Å²) in [5.74, 6) is 1.08. The monoisotopic (exact) mass is 459 g/mol. The van der Waals surface area contributed by atoms with Crippen molar-refractivity contribution in [3.63, 3.8) is 0 Å². The van der Waals surface area contributed by atoms with Gasteiger partial charge in [0.15, 0.2) is 5.82 Å². The summed E-state index contributed by atoms with van der Waals surface area (Å²) >= 11 is 6.26. The van der Waals surface area contributed by atoms with E-state index in [1.165, 1.54) is 23.5 Å². The molecule has 162 valence electrons. The van der Waals surface area contributed by atoms with Gasteiger partial charge in [0.2, 0.25) is 16.0 Å². The van der Waals surface area contributed by atoms with Gasteiger partial charge in [-0.15, -0.1) is 0 Å². The summed E-state index contributed by atoms with van der Waals surface area (Å²) in [5.41, 5.74) is 4.16. The standard InChI is InChI=1S/C20H22ClN7O2S/c1-31(29,30)28-18-15(3-2-7-23-18)11-24-19-17(21)12-25-20(27-19)26-16-5-4-14-10-22-8-6-13(14)9-16/h2-5,7,9,12,22H,6,8,10-11H2,1H3,(H,23,28)(H2,24,25,26,27). The van der Waals surface area contributed by atoms with Crippen LogP contribution in [0.3, 0.4) is 0 Å². The molecule has 3 heterocycles. The highest BCUT2D eigenvalue weighted by atomic mass is 35.5. The minimum atomic E-state index is -3.44. The van der Waals surface area contributed by atoms with Gasteiger partial charge in [-0.3, -0.25) is 4.72 Å². The van der Waals surface area contributed by atoms with E-state index in [0.717, 1.165) is 31.5 Å². The molecular weight excluding hydrogens is 438 g/mol. The Balaban J connectivity index is 1.49. The van der Waals surface area contributed by atoms with Crippen molar-refractivity contribution in [1.82, 2.24) is 20.3 Å². The van der Waals surface area contributed by atoms with Crippen molar-refractivity contribution in [2.45, 2.75) is 19.5 Å². The van der Waals surface area contributed by atoms with Crippen LogP contribution in [0.15, 0.2) is 42.7 Å². The first kappa shape index (κ1) is 21.3. The number of rotatable bonds is 7. The lowest BCUT2D eigenvalue weighted by molar-refractivity contribution is 0.606. The molecular formula is C20H22ClN7O2S. The summed E-state index contributed by atoms with van der Waals surface area (Å²) in [6, 6.07) is 9.70. The van der Waals surface area contributed by atoms with Crippen LogP contribution in [0, 0.1) is 0 Å². The van der Waals surface area contributed by atoms with E-state index in [1.54, 1.807) is 12.1 Å². The molecule has 1 aromatic carbocycles. The highest BCUT2D eigenvalue weighted by Crippen LogP contribution is 2.25. The lowest BCUT2D eigenvalue weighted by atomic mass is 10.0. The van der Waals surface area contributed by atoms with Gasteiger partial charge < -0.3 is 16.0 Å². The number of sulfonamides is 1. The topological polar surface area (TPSA) is 121 Å².